The van der Waals surface area contributed by atoms with Crippen LogP contribution in [-0.2, 0) is 6.54 Å². The number of alkyl halides is 3. The quantitative estimate of drug-likeness (QED) is 0.308. The van der Waals surface area contributed by atoms with E-state index in [1.807, 2.05) is 35.2 Å². The molecule has 1 N–H and O–H groups in total. The maximum Gasteiger partial charge on any atom is 0.390 e. The first-order valence-electron chi connectivity index (χ1n) is 13.0. The topological polar surface area (TPSA) is 67.6 Å². The molecule has 0 aliphatic carbocycles. The number of phenols is 1. The predicted octanol–water partition coefficient (Wildman–Crippen LogP) is 6.11. The van der Waals surface area contributed by atoms with Crippen molar-refractivity contribution in [3.63, 3.8) is 0 Å². The van der Waals surface area contributed by atoms with Crippen molar-refractivity contribution in [1.82, 2.24) is 14.5 Å². The molecule has 39 heavy (non-hydrogen) atoms. The molecule has 3 aromatic carbocycles. The van der Waals surface area contributed by atoms with Gasteiger partial charge in [0.1, 0.15) is 17.3 Å². The van der Waals surface area contributed by atoms with E-state index in [2.05, 4.69) is 0 Å². The molecule has 5 rings (SSSR count). The van der Waals surface area contributed by atoms with Gasteiger partial charge in [-0.1, -0.05) is 30.3 Å². The van der Waals surface area contributed by atoms with Gasteiger partial charge in [-0.25, -0.2) is 4.98 Å². The number of hydrogen-bond acceptors (Lipinski definition) is 5. The van der Waals surface area contributed by atoms with E-state index < -0.39 is 12.6 Å². The predicted molar refractivity (Wildman–Crippen MR) is 145 cm³/mol. The summed E-state index contributed by atoms with van der Waals surface area (Å²) in [5.41, 5.74) is 2.50. The van der Waals surface area contributed by atoms with E-state index in [1.165, 1.54) is 0 Å². The molecule has 6 nitrogen and oxygen atoms in total. The molecule has 4 aromatic rings. The van der Waals surface area contributed by atoms with Crippen LogP contribution in [0.3, 0.4) is 0 Å². The number of rotatable bonds is 7. The molecule has 1 unspecified atom stereocenters. The van der Waals surface area contributed by atoms with Crippen LogP contribution in [-0.4, -0.2) is 52.5 Å². The van der Waals surface area contributed by atoms with Crippen molar-refractivity contribution in [2.45, 2.75) is 32.0 Å². The van der Waals surface area contributed by atoms with Crippen LogP contribution in [0, 0.1) is 5.92 Å². The van der Waals surface area contributed by atoms with Crippen LogP contribution >= 0.6 is 0 Å². The summed E-state index contributed by atoms with van der Waals surface area (Å²) < 4.78 is 45.7. The molecular weight excluding hydrogens is 507 g/mol. The molecule has 1 fully saturated rings. The Morgan fingerprint density at radius 2 is 1.85 bits per heavy atom. The third-order valence-electron chi connectivity index (χ3n) is 7.24. The van der Waals surface area contributed by atoms with Gasteiger partial charge in [0.2, 0.25) is 0 Å². The zero-order chi connectivity index (χ0) is 27.6. The van der Waals surface area contributed by atoms with Gasteiger partial charge in [0.15, 0.2) is 0 Å². The van der Waals surface area contributed by atoms with Gasteiger partial charge >= 0.3 is 6.18 Å². The molecule has 0 spiro atoms. The van der Waals surface area contributed by atoms with Gasteiger partial charge < -0.3 is 14.7 Å². The van der Waals surface area contributed by atoms with Gasteiger partial charge in [-0.15, -0.1) is 0 Å². The number of aromatic nitrogens is 2. The standard InChI is InChI=1S/C30H30F3N3O3/c1-39-27-10-3-2-9-24(27)28-34-26-12-11-22(21-7-4-8-23(37)16-21)17-25(26)29(38)36(28)19-20-6-5-14-35(18-20)15-13-30(31,32)33/h2-4,7-12,16-17,20,37H,5-6,13-15,18-19H2,1H3. The molecule has 9 heteroatoms. The van der Waals surface area contributed by atoms with Crippen molar-refractivity contribution in [3.05, 3.63) is 77.1 Å². The lowest BCUT2D eigenvalue weighted by Gasteiger charge is -2.33. The Morgan fingerprint density at radius 3 is 2.62 bits per heavy atom. The Morgan fingerprint density at radius 1 is 1.05 bits per heavy atom. The minimum atomic E-state index is -4.20. The number of piperidine rings is 1. The first-order chi connectivity index (χ1) is 18.7. The monoisotopic (exact) mass is 537 g/mol. The number of halogens is 3. The zero-order valence-corrected chi connectivity index (χ0v) is 21.6. The average molecular weight is 538 g/mol. The molecule has 1 saturated heterocycles. The number of para-hydroxylation sites is 1. The fourth-order valence-corrected chi connectivity index (χ4v) is 5.34. The molecule has 1 aliphatic rings. The smallest absolute Gasteiger partial charge is 0.390 e. The Balaban J connectivity index is 1.57. The summed E-state index contributed by atoms with van der Waals surface area (Å²) >= 11 is 0. The van der Waals surface area contributed by atoms with E-state index in [1.54, 1.807) is 48.1 Å². The summed E-state index contributed by atoms with van der Waals surface area (Å²) in [6, 6.07) is 19.6. The highest BCUT2D eigenvalue weighted by Gasteiger charge is 2.30. The van der Waals surface area contributed by atoms with Crippen molar-refractivity contribution in [2.75, 3.05) is 26.7 Å². The number of hydrogen-bond donors (Lipinski definition) is 1. The lowest BCUT2D eigenvalue weighted by molar-refractivity contribution is -0.138. The van der Waals surface area contributed by atoms with Crippen LogP contribution in [0.4, 0.5) is 13.2 Å². The zero-order valence-electron chi connectivity index (χ0n) is 21.6. The lowest BCUT2D eigenvalue weighted by atomic mass is 9.97. The van der Waals surface area contributed by atoms with Crippen molar-refractivity contribution in [3.8, 4) is 34.0 Å². The van der Waals surface area contributed by atoms with E-state index in [0.717, 1.165) is 24.0 Å². The fraction of sp³-hybridized carbons (Fsp3) is 0.333. The molecule has 1 aliphatic heterocycles. The van der Waals surface area contributed by atoms with Crippen molar-refractivity contribution >= 4 is 10.9 Å². The number of benzene rings is 3. The van der Waals surface area contributed by atoms with Crippen LogP contribution in [0.2, 0.25) is 0 Å². The molecule has 2 heterocycles. The lowest BCUT2D eigenvalue weighted by Crippen LogP contribution is -2.40. The number of nitrogens with zero attached hydrogens (tertiary/aromatic N) is 3. The maximum absolute atomic E-state index is 14.1. The molecule has 0 saturated carbocycles. The Kier molecular flexibility index (Phi) is 7.61. The molecule has 1 atom stereocenters. The van der Waals surface area contributed by atoms with E-state index in [9.17, 15) is 23.1 Å². The van der Waals surface area contributed by atoms with Crippen molar-refractivity contribution in [2.24, 2.45) is 5.92 Å². The summed E-state index contributed by atoms with van der Waals surface area (Å²) in [6.07, 6.45) is -3.47. The highest BCUT2D eigenvalue weighted by atomic mass is 19.4. The number of methoxy groups -OCH3 is 1. The molecule has 0 bridgehead atoms. The van der Waals surface area contributed by atoms with Gasteiger partial charge in [-0.2, -0.15) is 13.2 Å². The van der Waals surface area contributed by atoms with Crippen molar-refractivity contribution in [1.29, 1.82) is 0 Å². The first kappa shape index (κ1) is 26.7. The molecule has 0 radical (unpaired) electrons. The largest absolute Gasteiger partial charge is 0.508 e. The van der Waals surface area contributed by atoms with Gasteiger partial charge in [0.25, 0.3) is 5.56 Å². The fourth-order valence-electron chi connectivity index (χ4n) is 5.34. The summed E-state index contributed by atoms with van der Waals surface area (Å²) in [4.78, 5) is 20.8. The number of fused-ring (bicyclic) bond motifs is 1. The second-order valence-electron chi connectivity index (χ2n) is 10.0. The summed E-state index contributed by atoms with van der Waals surface area (Å²) in [5.74, 6) is 1.15. The van der Waals surface area contributed by atoms with Crippen LogP contribution in [0.25, 0.3) is 33.4 Å². The molecule has 1 aromatic heterocycles. The van der Waals surface area contributed by atoms with Crippen LogP contribution in [0.15, 0.2) is 71.5 Å². The minimum Gasteiger partial charge on any atom is -0.508 e. The van der Waals surface area contributed by atoms with Crippen LogP contribution in [0.1, 0.15) is 19.3 Å². The summed E-state index contributed by atoms with van der Waals surface area (Å²) in [7, 11) is 1.56. The maximum atomic E-state index is 14.1. The Hall–Kier alpha value is -3.85. The SMILES string of the molecule is COc1ccccc1-c1nc2ccc(-c3cccc(O)c3)cc2c(=O)n1CC1CCCN(CCC(F)(F)F)C1. The van der Waals surface area contributed by atoms with Gasteiger partial charge in [0.05, 0.1) is 30.0 Å². The average Bonchev–Trinajstić information content (AvgIpc) is 2.93. The summed E-state index contributed by atoms with van der Waals surface area (Å²) in [6.45, 7) is 1.38. The van der Waals surface area contributed by atoms with Crippen LogP contribution < -0.4 is 10.3 Å². The van der Waals surface area contributed by atoms with E-state index in [4.69, 9.17) is 9.72 Å². The van der Waals surface area contributed by atoms with Gasteiger partial charge in [-0.3, -0.25) is 9.36 Å². The Labute approximate surface area is 224 Å². The summed E-state index contributed by atoms with van der Waals surface area (Å²) in [5, 5.41) is 10.4. The molecule has 204 valence electrons. The number of phenolic OH excluding ortho intramolecular Hbond substituents is 1. The second-order valence-corrected chi connectivity index (χ2v) is 10.0. The van der Waals surface area contributed by atoms with Gasteiger partial charge in [-0.05, 0) is 72.8 Å². The number of likely N-dealkylation sites (tertiary alicyclic amines) is 1. The third kappa shape index (κ3) is 6.09. The Bertz CT molecular complexity index is 1530. The third-order valence-corrected chi connectivity index (χ3v) is 7.24. The van der Waals surface area contributed by atoms with Crippen LogP contribution in [0.5, 0.6) is 11.5 Å². The van der Waals surface area contributed by atoms with E-state index in [0.29, 0.717) is 47.7 Å². The van der Waals surface area contributed by atoms with E-state index >= 15 is 0 Å². The second kappa shape index (κ2) is 11.1. The highest BCUT2D eigenvalue weighted by Crippen LogP contribution is 2.32. The molecule has 0 amide bonds. The minimum absolute atomic E-state index is 0.00774. The van der Waals surface area contributed by atoms with Gasteiger partial charge in [0, 0.05) is 19.6 Å². The van der Waals surface area contributed by atoms with E-state index in [-0.39, 0.29) is 23.8 Å². The molecular formula is C30H30F3N3O3. The normalized spacial score (nSPS) is 16.5. The number of aromatic hydroxyl groups is 1. The first-order valence-corrected chi connectivity index (χ1v) is 13.0. The number of ether oxygens (including phenoxy) is 1. The van der Waals surface area contributed by atoms with Crippen molar-refractivity contribution < 1.29 is 23.0 Å². The highest BCUT2D eigenvalue weighted by molar-refractivity contribution is 5.85.